The van der Waals surface area contributed by atoms with Crippen molar-refractivity contribution in [2.75, 3.05) is 57.3 Å². The zero-order chi connectivity index (χ0) is 33.1. The number of thioether (sulfide) groups is 1. The van der Waals surface area contributed by atoms with E-state index in [4.69, 9.17) is 0 Å². The summed E-state index contributed by atoms with van der Waals surface area (Å²) >= 11 is 1.65. The number of benzene rings is 1. The third-order valence-electron chi connectivity index (χ3n) is 10.0. The zero-order valence-electron chi connectivity index (χ0n) is 28.5. The maximum absolute atomic E-state index is 14.1. The van der Waals surface area contributed by atoms with Crippen LogP contribution in [0.4, 0.5) is 5.69 Å². The number of imidazole rings is 1. The Balaban J connectivity index is 1.14. The molecule has 3 saturated heterocycles. The third kappa shape index (κ3) is 7.56. The molecule has 0 spiro atoms. The molecule has 2 amide bonds. The van der Waals surface area contributed by atoms with Crippen LogP contribution in [0, 0.1) is 5.41 Å². The second-order valence-corrected chi connectivity index (χ2v) is 15.8. The number of amides is 2. The van der Waals surface area contributed by atoms with Crippen molar-refractivity contribution in [2.24, 2.45) is 5.41 Å². The van der Waals surface area contributed by atoms with E-state index in [-0.39, 0.29) is 40.8 Å². The number of hydrogen-bond donors (Lipinski definition) is 1. The van der Waals surface area contributed by atoms with E-state index in [9.17, 15) is 14.4 Å². The minimum absolute atomic E-state index is 0.00858. The molecular formula is C36H51N7O3S. The Kier molecular flexibility index (Phi) is 10.3. The van der Waals surface area contributed by atoms with E-state index < -0.39 is 5.25 Å². The van der Waals surface area contributed by atoms with Gasteiger partial charge >= 0.3 is 5.69 Å². The highest BCUT2D eigenvalue weighted by Gasteiger charge is 2.44. The highest BCUT2D eigenvalue weighted by Crippen LogP contribution is 2.48. The Hall–Kier alpha value is -3.31. The number of piperidine rings is 1. The van der Waals surface area contributed by atoms with Gasteiger partial charge in [0.05, 0.1) is 10.8 Å². The van der Waals surface area contributed by atoms with Crippen molar-refractivity contribution in [3.63, 3.8) is 0 Å². The summed E-state index contributed by atoms with van der Waals surface area (Å²) in [5.74, 6) is 0.0969. The van der Waals surface area contributed by atoms with Crippen molar-refractivity contribution >= 4 is 40.4 Å². The molecule has 6 rings (SSSR count). The number of fused-ring (bicyclic) bond motifs is 1. The first-order valence-corrected chi connectivity index (χ1v) is 18.4. The van der Waals surface area contributed by atoms with Crippen LogP contribution in [0.1, 0.15) is 83.2 Å². The molecule has 0 radical (unpaired) electrons. The topological polar surface area (TPSA) is 97.8 Å². The fraction of sp³-hybridized carbons (Fsp3) is 0.611. The minimum atomic E-state index is -0.411. The van der Waals surface area contributed by atoms with Crippen LogP contribution in [0.25, 0.3) is 11.2 Å². The maximum Gasteiger partial charge on any atom is 0.327 e. The molecule has 2 unspecified atom stereocenters. The van der Waals surface area contributed by atoms with E-state index in [1.807, 2.05) is 21.9 Å². The number of carbonyl (C=O) groups excluding carboxylic acids is 2. The Labute approximate surface area is 282 Å². The highest BCUT2D eigenvalue weighted by molar-refractivity contribution is 8.01. The number of nitrogens with zero attached hydrogens (tertiary/aromatic N) is 6. The second kappa shape index (κ2) is 14.4. The summed E-state index contributed by atoms with van der Waals surface area (Å²) in [5.41, 5.74) is 3.72. The number of likely N-dealkylation sites (tertiary alicyclic amines) is 1. The van der Waals surface area contributed by atoms with E-state index in [1.165, 1.54) is 24.1 Å². The van der Waals surface area contributed by atoms with Crippen LogP contribution in [0.5, 0.6) is 0 Å². The number of anilines is 1. The molecule has 5 heterocycles. The lowest BCUT2D eigenvalue weighted by Gasteiger charge is -2.38. The molecule has 1 N–H and O–H groups in total. The monoisotopic (exact) mass is 661 g/mol. The maximum atomic E-state index is 14.1. The quantitative estimate of drug-likeness (QED) is 0.316. The van der Waals surface area contributed by atoms with Gasteiger partial charge in [-0.15, -0.1) is 11.8 Å². The molecule has 3 aromatic rings. The standard InChI is InChI=1S/C36H51N7O3S/c1-5-6-17-39-21-23-40(24-22-39)28-11-8-7-10-27(28)34-42(20-15-36(2,3)4)33(45)30(47-34)25-31(44)41-18-13-26(14-19-41)43-29-12-9-16-37-32(29)38-35(43)46/h7-12,16,26,30,34H,5-6,13-15,17-25H2,1-4H3,(H,37,38,46). The highest BCUT2D eigenvalue weighted by atomic mass is 32.2. The molecule has 0 bridgehead atoms. The normalized spacial score (nSPS) is 21.7. The van der Waals surface area contributed by atoms with Crippen molar-refractivity contribution < 1.29 is 9.59 Å². The Bertz CT molecular complexity index is 1600. The molecule has 10 nitrogen and oxygen atoms in total. The van der Waals surface area contributed by atoms with Crippen molar-refractivity contribution in [1.82, 2.24) is 29.2 Å². The molecule has 0 aliphatic carbocycles. The molecule has 2 aromatic heterocycles. The van der Waals surface area contributed by atoms with Crippen LogP contribution in [0.2, 0.25) is 0 Å². The van der Waals surface area contributed by atoms with Crippen molar-refractivity contribution in [2.45, 2.75) is 82.9 Å². The molecular weight excluding hydrogens is 611 g/mol. The fourth-order valence-corrected chi connectivity index (χ4v) is 8.71. The number of para-hydroxylation sites is 1. The molecule has 2 atom stereocenters. The van der Waals surface area contributed by atoms with Gasteiger partial charge in [-0.05, 0) is 55.8 Å². The summed E-state index contributed by atoms with van der Waals surface area (Å²) in [7, 11) is 0. The lowest BCUT2D eigenvalue weighted by atomic mass is 9.92. The Morgan fingerprint density at radius 3 is 2.45 bits per heavy atom. The predicted octanol–water partition coefficient (Wildman–Crippen LogP) is 5.28. The molecule has 3 fully saturated rings. The van der Waals surface area contributed by atoms with E-state index in [2.05, 4.69) is 71.7 Å². The van der Waals surface area contributed by atoms with E-state index >= 15 is 0 Å². The molecule has 47 heavy (non-hydrogen) atoms. The van der Waals surface area contributed by atoms with Gasteiger partial charge < -0.3 is 14.7 Å². The first-order valence-electron chi connectivity index (χ1n) is 17.5. The van der Waals surface area contributed by atoms with Gasteiger partial charge in [0.2, 0.25) is 11.8 Å². The van der Waals surface area contributed by atoms with Crippen LogP contribution in [-0.2, 0) is 9.59 Å². The van der Waals surface area contributed by atoms with Crippen molar-refractivity contribution in [3.8, 4) is 0 Å². The summed E-state index contributed by atoms with van der Waals surface area (Å²) in [6.07, 6.45) is 6.61. The van der Waals surface area contributed by atoms with Crippen LogP contribution in [0.3, 0.4) is 0 Å². The Morgan fingerprint density at radius 2 is 1.72 bits per heavy atom. The number of H-pyrrole nitrogens is 1. The number of aromatic nitrogens is 3. The first kappa shape index (κ1) is 33.6. The van der Waals surface area contributed by atoms with Crippen molar-refractivity contribution in [1.29, 1.82) is 0 Å². The summed E-state index contributed by atoms with van der Waals surface area (Å²) in [4.78, 5) is 56.7. The minimum Gasteiger partial charge on any atom is -0.369 e. The van der Waals surface area contributed by atoms with Crippen LogP contribution in [-0.4, -0.2) is 98.7 Å². The van der Waals surface area contributed by atoms with Gasteiger partial charge in [-0.2, -0.15) is 0 Å². The Morgan fingerprint density at radius 1 is 0.979 bits per heavy atom. The van der Waals surface area contributed by atoms with Crippen LogP contribution < -0.4 is 10.6 Å². The average Bonchev–Trinajstić information content (AvgIpc) is 3.57. The summed E-state index contributed by atoms with van der Waals surface area (Å²) in [6.45, 7) is 15.9. The fourth-order valence-electron chi connectivity index (χ4n) is 7.21. The molecule has 1 aromatic carbocycles. The second-order valence-electron chi connectivity index (χ2n) is 14.5. The van der Waals surface area contributed by atoms with Crippen LogP contribution >= 0.6 is 11.8 Å². The van der Waals surface area contributed by atoms with Crippen molar-refractivity contribution in [3.05, 3.63) is 58.6 Å². The van der Waals surface area contributed by atoms with E-state index in [0.717, 1.165) is 44.7 Å². The van der Waals surface area contributed by atoms with Gasteiger partial charge in [0, 0.05) is 75.7 Å². The summed E-state index contributed by atoms with van der Waals surface area (Å²) < 4.78 is 1.79. The van der Waals surface area contributed by atoms with Gasteiger partial charge in [-0.3, -0.25) is 24.0 Å². The number of pyridine rings is 1. The number of rotatable bonds is 10. The number of piperazine rings is 1. The van der Waals surface area contributed by atoms with Gasteiger partial charge in [-0.25, -0.2) is 9.78 Å². The lowest BCUT2D eigenvalue weighted by Crippen LogP contribution is -2.47. The third-order valence-corrected chi connectivity index (χ3v) is 11.5. The molecule has 11 heteroatoms. The largest absolute Gasteiger partial charge is 0.369 e. The molecule has 254 valence electrons. The number of nitrogens with one attached hydrogen (secondary N) is 1. The number of unbranched alkanes of at least 4 members (excludes halogenated alkanes) is 1. The molecule has 0 saturated carbocycles. The number of hydrogen-bond acceptors (Lipinski definition) is 7. The van der Waals surface area contributed by atoms with Gasteiger partial charge in [0.25, 0.3) is 0 Å². The average molecular weight is 662 g/mol. The van der Waals surface area contributed by atoms with E-state index in [1.54, 1.807) is 22.5 Å². The summed E-state index contributed by atoms with van der Waals surface area (Å²) in [5, 5.41) is -0.531. The predicted molar refractivity (Wildman–Crippen MR) is 190 cm³/mol. The zero-order valence-corrected chi connectivity index (χ0v) is 29.3. The molecule has 3 aliphatic rings. The smallest absolute Gasteiger partial charge is 0.327 e. The first-order chi connectivity index (χ1) is 22.6. The molecule has 3 aliphatic heterocycles. The lowest BCUT2D eigenvalue weighted by molar-refractivity contribution is -0.136. The van der Waals surface area contributed by atoms with E-state index in [0.29, 0.717) is 38.1 Å². The van der Waals surface area contributed by atoms with Gasteiger partial charge in [0.15, 0.2) is 5.65 Å². The summed E-state index contributed by atoms with van der Waals surface area (Å²) in [6, 6.07) is 12.3. The van der Waals surface area contributed by atoms with Gasteiger partial charge in [0.1, 0.15) is 5.37 Å². The SMILES string of the molecule is CCCCN1CCN(c2ccccc2C2SC(CC(=O)N3CCC(n4c(=O)[nH]c5ncccc54)CC3)C(=O)N2CCC(C)(C)C)CC1. The van der Waals surface area contributed by atoms with Crippen LogP contribution in [0.15, 0.2) is 47.4 Å². The van der Waals surface area contributed by atoms with Gasteiger partial charge in [-0.1, -0.05) is 52.3 Å². The number of carbonyl (C=O) groups is 2. The number of aromatic amines is 1.